The second kappa shape index (κ2) is 6.51. The molecule has 0 bridgehead atoms. The van der Waals surface area contributed by atoms with Gasteiger partial charge >= 0.3 is 0 Å². The Hall–Kier alpha value is -0.890. The highest BCUT2D eigenvalue weighted by Gasteiger charge is 2.26. The molecule has 0 aliphatic heterocycles. The van der Waals surface area contributed by atoms with Crippen molar-refractivity contribution in [3.63, 3.8) is 0 Å². The molecule has 0 heterocycles. The van der Waals surface area contributed by atoms with Gasteiger partial charge in [0.1, 0.15) is 11.9 Å². The molecule has 1 aromatic rings. The molecule has 5 nitrogen and oxygen atoms in total. The topological polar surface area (TPSA) is 64.4 Å². The lowest BCUT2D eigenvalue weighted by Crippen LogP contribution is -2.43. The molecular weight excluding hydrogens is 359 g/mol. The lowest BCUT2D eigenvalue weighted by atomic mass is 9.92. The van der Waals surface area contributed by atoms with E-state index in [0.717, 1.165) is 22.2 Å². The van der Waals surface area contributed by atoms with Crippen LogP contribution in [0.4, 0.5) is 5.69 Å². The number of non-ortho nitro benzene ring substituents is 1. The summed E-state index contributed by atoms with van der Waals surface area (Å²) < 4.78 is 6.82. The number of benzene rings is 1. The molecule has 1 aromatic carbocycles. The number of halogens is 1. The molecule has 1 aliphatic rings. The third-order valence-electron chi connectivity index (χ3n) is 3.48. The van der Waals surface area contributed by atoms with E-state index in [2.05, 4.69) is 27.9 Å². The Kier molecular flexibility index (Phi) is 4.98. The van der Waals surface area contributed by atoms with Crippen molar-refractivity contribution in [2.24, 2.45) is 0 Å². The second-order valence-corrected chi connectivity index (χ2v) is 5.87. The highest BCUT2D eigenvalue weighted by atomic mass is 127. The highest BCUT2D eigenvalue weighted by Crippen LogP contribution is 2.29. The fraction of sp³-hybridized carbons (Fsp3) is 0.538. The molecule has 0 spiro atoms. The second-order valence-electron chi connectivity index (χ2n) is 4.71. The van der Waals surface area contributed by atoms with Gasteiger partial charge in [-0.05, 0) is 55.0 Å². The van der Waals surface area contributed by atoms with Crippen LogP contribution in [0.15, 0.2) is 18.2 Å². The van der Waals surface area contributed by atoms with Gasteiger partial charge in [0.05, 0.1) is 8.49 Å². The van der Waals surface area contributed by atoms with Crippen molar-refractivity contribution in [1.29, 1.82) is 0 Å². The van der Waals surface area contributed by atoms with Gasteiger partial charge < -0.3 is 10.1 Å². The molecule has 1 fully saturated rings. The Morgan fingerprint density at radius 3 is 2.79 bits per heavy atom. The lowest BCUT2D eigenvalue weighted by Gasteiger charge is -2.31. The van der Waals surface area contributed by atoms with Crippen molar-refractivity contribution < 1.29 is 9.66 Å². The van der Waals surface area contributed by atoms with Crippen molar-refractivity contribution in [1.82, 2.24) is 5.32 Å². The van der Waals surface area contributed by atoms with Crippen LogP contribution in [0.3, 0.4) is 0 Å². The maximum absolute atomic E-state index is 10.7. The Morgan fingerprint density at radius 1 is 1.42 bits per heavy atom. The number of ether oxygens (including phenoxy) is 1. The van der Waals surface area contributed by atoms with Crippen molar-refractivity contribution in [2.75, 3.05) is 7.05 Å². The van der Waals surface area contributed by atoms with Gasteiger partial charge in [-0.3, -0.25) is 10.1 Å². The number of hydrogen-bond donors (Lipinski definition) is 1. The van der Waals surface area contributed by atoms with Crippen molar-refractivity contribution in [3.8, 4) is 5.75 Å². The molecule has 1 saturated carbocycles. The molecule has 0 aromatic heterocycles. The zero-order valence-electron chi connectivity index (χ0n) is 10.8. The Balaban J connectivity index is 2.11. The predicted octanol–water partition coefficient (Wildman–Crippen LogP) is 3.11. The van der Waals surface area contributed by atoms with E-state index in [1.165, 1.54) is 18.9 Å². The van der Waals surface area contributed by atoms with E-state index in [-0.39, 0.29) is 16.7 Å². The number of nitrogens with zero attached hydrogens (tertiary/aromatic N) is 1. The van der Waals surface area contributed by atoms with E-state index >= 15 is 0 Å². The molecule has 2 unspecified atom stereocenters. The summed E-state index contributed by atoms with van der Waals surface area (Å²) in [6.07, 6.45) is 4.69. The quantitative estimate of drug-likeness (QED) is 0.498. The third kappa shape index (κ3) is 3.56. The van der Waals surface area contributed by atoms with Gasteiger partial charge in [-0.15, -0.1) is 0 Å². The summed E-state index contributed by atoms with van der Waals surface area (Å²) in [5.74, 6) is 0.735. The van der Waals surface area contributed by atoms with Gasteiger partial charge in [-0.1, -0.05) is 6.42 Å². The summed E-state index contributed by atoms with van der Waals surface area (Å²) in [4.78, 5) is 10.3. The average Bonchev–Trinajstić information content (AvgIpc) is 2.41. The van der Waals surface area contributed by atoms with Crippen molar-refractivity contribution in [3.05, 3.63) is 31.9 Å². The number of hydrogen-bond acceptors (Lipinski definition) is 4. The summed E-state index contributed by atoms with van der Waals surface area (Å²) in [5.41, 5.74) is 0.102. The van der Waals surface area contributed by atoms with Gasteiger partial charge in [0.15, 0.2) is 0 Å². The normalized spacial score (nSPS) is 23.1. The lowest BCUT2D eigenvalue weighted by molar-refractivity contribution is -0.385. The third-order valence-corrected chi connectivity index (χ3v) is 4.32. The largest absolute Gasteiger partial charge is 0.488 e. The molecule has 0 radical (unpaired) electrons. The van der Waals surface area contributed by atoms with Gasteiger partial charge in [-0.2, -0.15) is 0 Å². The van der Waals surface area contributed by atoms with Crippen LogP contribution in [0.2, 0.25) is 0 Å². The summed E-state index contributed by atoms with van der Waals surface area (Å²) in [6, 6.07) is 5.10. The first-order valence-electron chi connectivity index (χ1n) is 6.39. The van der Waals surface area contributed by atoms with Crippen LogP contribution in [0.5, 0.6) is 5.75 Å². The number of nitrogens with one attached hydrogen (secondary N) is 1. The minimum Gasteiger partial charge on any atom is -0.488 e. The number of likely N-dealkylation sites (N-methyl/N-ethyl adjacent to an activating group) is 1. The Labute approximate surface area is 126 Å². The molecular formula is C13H17IN2O3. The van der Waals surface area contributed by atoms with E-state index in [9.17, 15) is 10.1 Å². The summed E-state index contributed by atoms with van der Waals surface area (Å²) in [6.45, 7) is 0. The molecule has 6 heteroatoms. The van der Waals surface area contributed by atoms with Crippen molar-refractivity contribution in [2.45, 2.75) is 37.8 Å². The first-order valence-corrected chi connectivity index (χ1v) is 7.47. The highest BCUT2D eigenvalue weighted by molar-refractivity contribution is 14.1. The fourth-order valence-corrected chi connectivity index (χ4v) is 3.06. The number of nitro groups is 1. The average molecular weight is 376 g/mol. The molecule has 1 aliphatic carbocycles. The molecule has 1 N–H and O–H groups in total. The zero-order valence-corrected chi connectivity index (χ0v) is 12.9. The maximum atomic E-state index is 10.7. The maximum Gasteiger partial charge on any atom is 0.270 e. The van der Waals surface area contributed by atoms with Crippen molar-refractivity contribution >= 4 is 28.3 Å². The van der Waals surface area contributed by atoms with Gasteiger partial charge in [0, 0.05) is 18.2 Å². The van der Waals surface area contributed by atoms with Gasteiger partial charge in [-0.25, -0.2) is 0 Å². The smallest absolute Gasteiger partial charge is 0.270 e. The number of rotatable bonds is 4. The first-order chi connectivity index (χ1) is 9.11. The fourth-order valence-electron chi connectivity index (χ4n) is 2.43. The summed E-state index contributed by atoms with van der Waals surface area (Å²) in [5, 5.41) is 14.0. The SMILES string of the molecule is CNC1CCCCC1Oc1ccc([N+](=O)[O-])cc1I. The van der Waals surface area contributed by atoms with Crippen LogP contribution in [-0.4, -0.2) is 24.1 Å². The minimum atomic E-state index is -0.386. The monoisotopic (exact) mass is 376 g/mol. The Bertz CT molecular complexity index is 467. The molecule has 2 atom stereocenters. The van der Waals surface area contributed by atoms with Crippen LogP contribution in [0.1, 0.15) is 25.7 Å². The van der Waals surface area contributed by atoms with Crippen LogP contribution in [0, 0.1) is 13.7 Å². The van der Waals surface area contributed by atoms with E-state index in [0.29, 0.717) is 6.04 Å². The molecule has 104 valence electrons. The van der Waals surface area contributed by atoms with Gasteiger partial charge in [0.25, 0.3) is 5.69 Å². The Morgan fingerprint density at radius 2 is 2.16 bits per heavy atom. The van der Waals surface area contributed by atoms with E-state index in [4.69, 9.17) is 4.74 Å². The van der Waals surface area contributed by atoms with Crippen LogP contribution >= 0.6 is 22.6 Å². The molecule has 0 saturated heterocycles. The van der Waals surface area contributed by atoms with Gasteiger partial charge in [0.2, 0.25) is 0 Å². The van der Waals surface area contributed by atoms with E-state index in [1.54, 1.807) is 12.1 Å². The zero-order chi connectivity index (χ0) is 13.8. The first kappa shape index (κ1) is 14.5. The molecule has 19 heavy (non-hydrogen) atoms. The summed E-state index contributed by atoms with van der Waals surface area (Å²) in [7, 11) is 1.95. The summed E-state index contributed by atoms with van der Waals surface area (Å²) >= 11 is 2.08. The number of nitro benzene ring substituents is 1. The van der Waals surface area contributed by atoms with Crippen LogP contribution in [0.25, 0.3) is 0 Å². The van der Waals surface area contributed by atoms with Crippen LogP contribution < -0.4 is 10.1 Å². The van der Waals surface area contributed by atoms with E-state index in [1.807, 2.05) is 7.05 Å². The van der Waals surface area contributed by atoms with E-state index < -0.39 is 0 Å². The molecule has 2 rings (SSSR count). The minimum absolute atomic E-state index is 0.102. The standard InChI is InChI=1S/C13H17IN2O3/c1-15-11-4-2-3-5-13(11)19-12-7-6-9(16(17)18)8-10(12)14/h6-8,11,13,15H,2-5H2,1H3. The molecule has 0 amide bonds. The predicted molar refractivity (Wildman–Crippen MR) is 81.5 cm³/mol. The van der Waals surface area contributed by atoms with Crippen LogP contribution in [-0.2, 0) is 0 Å².